The summed E-state index contributed by atoms with van der Waals surface area (Å²) >= 11 is 0. The molecular weight excluding hydrogens is 412 g/mol. The summed E-state index contributed by atoms with van der Waals surface area (Å²) in [4.78, 5) is 11.5. The highest BCUT2D eigenvalue weighted by Crippen LogP contribution is 2.38. The molecule has 33 heavy (non-hydrogen) atoms. The van der Waals surface area contributed by atoms with Crippen molar-refractivity contribution in [2.75, 3.05) is 6.61 Å². The summed E-state index contributed by atoms with van der Waals surface area (Å²) in [5.74, 6) is 0.396. The molecule has 3 aromatic rings. The number of benzene rings is 2. The predicted molar refractivity (Wildman–Crippen MR) is 138 cm³/mol. The summed E-state index contributed by atoms with van der Waals surface area (Å²) in [5, 5.41) is 13.8. The minimum absolute atomic E-state index is 0.0657. The lowest BCUT2D eigenvalue weighted by atomic mass is 10.1. The van der Waals surface area contributed by atoms with Gasteiger partial charge in [0.1, 0.15) is 0 Å². The summed E-state index contributed by atoms with van der Waals surface area (Å²) in [7, 11) is 0. The standard InChI is InChI=1S/C28H40N2O3/c1-3-5-7-9-11-15-19-29-25-18-14-13-17-23(25)24-21-27(30(31)32)28(22-26(24)29)33-20-16-12-10-8-6-4-2/h13-14,17-18,21-22H,3-12,15-16,19-20H2,1-2H3. The average molecular weight is 453 g/mol. The maximum atomic E-state index is 11.8. The molecule has 180 valence electrons. The number of unbranched alkanes of at least 4 members (excludes halogenated alkanes) is 10. The van der Waals surface area contributed by atoms with E-state index in [4.69, 9.17) is 4.74 Å². The molecule has 5 nitrogen and oxygen atoms in total. The molecule has 1 heterocycles. The molecular formula is C28H40N2O3. The number of aryl methyl sites for hydroxylation is 1. The number of rotatable bonds is 16. The summed E-state index contributed by atoms with van der Waals surface area (Å²) in [6, 6.07) is 11.9. The Morgan fingerprint density at radius 1 is 0.788 bits per heavy atom. The first kappa shape index (κ1) is 25.1. The molecule has 0 aliphatic carbocycles. The fourth-order valence-corrected chi connectivity index (χ4v) is 4.68. The molecule has 0 saturated carbocycles. The zero-order valence-electron chi connectivity index (χ0n) is 20.5. The van der Waals surface area contributed by atoms with Gasteiger partial charge in [-0.3, -0.25) is 10.1 Å². The maximum Gasteiger partial charge on any atom is 0.311 e. The lowest BCUT2D eigenvalue weighted by molar-refractivity contribution is -0.385. The Labute approximate surface area is 198 Å². The molecule has 0 radical (unpaired) electrons. The number of hydrogen-bond acceptors (Lipinski definition) is 3. The molecule has 2 aromatic carbocycles. The molecule has 0 amide bonds. The molecule has 3 rings (SSSR count). The lowest BCUT2D eigenvalue weighted by Gasteiger charge is -2.10. The van der Waals surface area contributed by atoms with Crippen LogP contribution in [-0.2, 0) is 6.54 Å². The van der Waals surface area contributed by atoms with Gasteiger partial charge in [-0.2, -0.15) is 0 Å². The first-order chi connectivity index (χ1) is 16.2. The molecule has 5 heteroatoms. The van der Waals surface area contributed by atoms with Gasteiger partial charge in [0.2, 0.25) is 0 Å². The highest BCUT2D eigenvalue weighted by Gasteiger charge is 2.21. The highest BCUT2D eigenvalue weighted by molar-refractivity contribution is 6.09. The molecule has 0 atom stereocenters. The van der Waals surface area contributed by atoms with Crippen molar-refractivity contribution in [1.82, 2.24) is 4.57 Å². The number of nitro benzene ring substituents is 1. The van der Waals surface area contributed by atoms with E-state index in [1.54, 1.807) is 6.07 Å². The minimum Gasteiger partial charge on any atom is -0.487 e. The zero-order chi connectivity index (χ0) is 23.5. The van der Waals surface area contributed by atoms with Crippen LogP contribution in [0.4, 0.5) is 5.69 Å². The van der Waals surface area contributed by atoms with Gasteiger partial charge in [-0.15, -0.1) is 0 Å². The van der Waals surface area contributed by atoms with Gasteiger partial charge in [-0.05, 0) is 18.9 Å². The van der Waals surface area contributed by atoms with E-state index >= 15 is 0 Å². The van der Waals surface area contributed by atoms with Crippen LogP contribution in [-0.4, -0.2) is 16.1 Å². The highest BCUT2D eigenvalue weighted by atomic mass is 16.6. The van der Waals surface area contributed by atoms with Gasteiger partial charge in [0.15, 0.2) is 5.75 Å². The van der Waals surface area contributed by atoms with Gasteiger partial charge in [0.25, 0.3) is 0 Å². The summed E-state index contributed by atoms with van der Waals surface area (Å²) in [5.41, 5.74) is 2.24. The first-order valence-corrected chi connectivity index (χ1v) is 13.0. The molecule has 0 aliphatic rings. The number of hydrogen-bond donors (Lipinski definition) is 0. The van der Waals surface area contributed by atoms with E-state index in [9.17, 15) is 10.1 Å². The van der Waals surface area contributed by atoms with Crippen molar-refractivity contribution in [3.63, 3.8) is 0 Å². The van der Waals surface area contributed by atoms with Crippen LogP contribution in [0.1, 0.15) is 90.9 Å². The van der Waals surface area contributed by atoms with Crippen molar-refractivity contribution in [2.45, 2.75) is 97.4 Å². The molecule has 0 aliphatic heterocycles. The van der Waals surface area contributed by atoms with E-state index < -0.39 is 0 Å². The lowest BCUT2D eigenvalue weighted by Crippen LogP contribution is -2.02. The van der Waals surface area contributed by atoms with E-state index in [0.717, 1.165) is 47.6 Å². The second kappa shape index (κ2) is 13.2. The fourth-order valence-electron chi connectivity index (χ4n) is 4.68. The monoisotopic (exact) mass is 452 g/mol. The van der Waals surface area contributed by atoms with E-state index in [2.05, 4.69) is 30.5 Å². The Bertz CT molecular complexity index is 1020. The number of fused-ring (bicyclic) bond motifs is 3. The second-order valence-corrected chi connectivity index (χ2v) is 9.15. The van der Waals surface area contributed by atoms with Crippen molar-refractivity contribution in [1.29, 1.82) is 0 Å². The summed E-state index contributed by atoms with van der Waals surface area (Å²) in [6.07, 6.45) is 14.4. The number of nitro groups is 1. The normalized spacial score (nSPS) is 11.5. The van der Waals surface area contributed by atoms with Gasteiger partial charge in [-0.25, -0.2) is 0 Å². The maximum absolute atomic E-state index is 11.8. The Balaban J connectivity index is 1.80. The van der Waals surface area contributed by atoms with Crippen LogP contribution in [0.5, 0.6) is 5.75 Å². The third kappa shape index (κ3) is 6.72. The quantitative estimate of drug-likeness (QED) is 0.124. The van der Waals surface area contributed by atoms with Crippen molar-refractivity contribution in [2.24, 2.45) is 0 Å². The number of aromatic nitrogens is 1. The van der Waals surface area contributed by atoms with Crippen LogP contribution >= 0.6 is 0 Å². The van der Waals surface area contributed by atoms with E-state index in [1.807, 2.05) is 18.2 Å². The Morgan fingerprint density at radius 3 is 2.12 bits per heavy atom. The molecule has 0 N–H and O–H groups in total. The third-order valence-corrected chi connectivity index (χ3v) is 6.54. The molecule has 0 saturated heterocycles. The second-order valence-electron chi connectivity index (χ2n) is 9.15. The Morgan fingerprint density at radius 2 is 1.42 bits per heavy atom. The van der Waals surface area contributed by atoms with Crippen LogP contribution in [0.25, 0.3) is 21.8 Å². The van der Waals surface area contributed by atoms with Gasteiger partial charge < -0.3 is 9.30 Å². The number of para-hydroxylation sites is 1. The number of nitrogens with zero attached hydrogens (tertiary/aromatic N) is 2. The zero-order valence-corrected chi connectivity index (χ0v) is 20.5. The Kier molecular flexibility index (Phi) is 10.0. The van der Waals surface area contributed by atoms with E-state index in [1.165, 1.54) is 57.8 Å². The average Bonchev–Trinajstić information content (AvgIpc) is 3.13. The van der Waals surface area contributed by atoms with Gasteiger partial charge in [0.05, 0.1) is 17.0 Å². The first-order valence-electron chi connectivity index (χ1n) is 13.0. The van der Waals surface area contributed by atoms with Crippen molar-refractivity contribution < 1.29 is 9.66 Å². The molecule has 0 unspecified atom stereocenters. The van der Waals surface area contributed by atoms with E-state index in [0.29, 0.717) is 12.4 Å². The minimum atomic E-state index is -0.310. The number of ether oxygens (including phenoxy) is 1. The van der Waals surface area contributed by atoms with Crippen LogP contribution < -0.4 is 4.74 Å². The van der Waals surface area contributed by atoms with Crippen LogP contribution in [0.2, 0.25) is 0 Å². The Hall–Kier alpha value is -2.56. The van der Waals surface area contributed by atoms with Crippen molar-refractivity contribution >= 4 is 27.5 Å². The van der Waals surface area contributed by atoms with Crippen molar-refractivity contribution in [3.05, 3.63) is 46.5 Å². The third-order valence-electron chi connectivity index (χ3n) is 6.54. The van der Waals surface area contributed by atoms with E-state index in [-0.39, 0.29) is 10.6 Å². The SMILES string of the molecule is CCCCCCCCOc1cc2c(cc1[N+](=O)[O-])c1ccccc1n2CCCCCCCC. The van der Waals surface area contributed by atoms with Crippen LogP contribution in [0.3, 0.4) is 0 Å². The molecule has 1 aromatic heterocycles. The van der Waals surface area contributed by atoms with Crippen molar-refractivity contribution in [3.8, 4) is 5.75 Å². The fraction of sp³-hybridized carbons (Fsp3) is 0.571. The summed E-state index contributed by atoms with van der Waals surface area (Å²) in [6.45, 7) is 5.90. The van der Waals surface area contributed by atoms with Gasteiger partial charge >= 0.3 is 5.69 Å². The van der Waals surface area contributed by atoms with Gasteiger partial charge in [-0.1, -0.05) is 96.3 Å². The molecule has 0 fully saturated rings. The molecule has 0 spiro atoms. The summed E-state index contributed by atoms with van der Waals surface area (Å²) < 4.78 is 8.30. The van der Waals surface area contributed by atoms with Crippen LogP contribution in [0.15, 0.2) is 36.4 Å². The molecule has 0 bridgehead atoms. The smallest absolute Gasteiger partial charge is 0.311 e. The van der Waals surface area contributed by atoms with Gasteiger partial charge in [0, 0.05) is 35.0 Å². The van der Waals surface area contributed by atoms with Crippen LogP contribution in [0, 0.1) is 10.1 Å². The largest absolute Gasteiger partial charge is 0.487 e. The topological polar surface area (TPSA) is 57.3 Å². The predicted octanol–water partition coefficient (Wildman–Crippen LogP) is 8.80.